The largest absolute Gasteiger partial charge is 0.508 e. The lowest BCUT2D eigenvalue weighted by atomic mass is 10.0. The normalized spacial score (nSPS) is 15.9. The number of phenols is 1. The van der Waals surface area contributed by atoms with E-state index < -0.39 is 6.09 Å². The molecule has 2 heterocycles. The van der Waals surface area contributed by atoms with E-state index in [0.717, 1.165) is 10.9 Å². The van der Waals surface area contributed by atoms with E-state index >= 15 is 0 Å². The zero-order valence-electron chi connectivity index (χ0n) is 9.65. The van der Waals surface area contributed by atoms with Crippen LogP contribution in [0.3, 0.4) is 0 Å². The number of carboxylic acid groups (broad SMARTS) is 1. The van der Waals surface area contributed by atoms with Crippen LogP contribution >= 0.6 is 0 Å². The number of fused-ring (bicyclic) bond motifs is 1. The van der Waals surface area contributed by atoms with E-state index in [1.165, 1.54) is 4.90 Å². The topological polar surface area (TPSA) is 78.6 Å². The van der Waals surface area contributed by atoms with Crippen molar-refractivity contribution in [2.75, 3.05) is 13.1 Å². The number of rotatable bonds is 2. The van der Waals surface area contributed by atoms with E-state index in [0.29, 0.717) is 25.6 Å². The zero-order valence-corrected chi connectivity index (χ0v) is 9.65. The van der Waals surface area contributed by atoms with Gasteiger partial charge in [0.05, 0.1) is 5.52 Å². The van der Waals surface area contributed by atoms with Crippen LogP contribution in [0.5, 0.6) is 5.75 Å². The van der Waals surface area contributed by atoms with Crippen LogP contribution in [0.4, 0.5) is 4.79 Å². The molecule has 2 aromatic rings. The second-order valence-electron chi connectivity index (χ2n) is 4.65. The van der Waals surface area contributed by atoms with Gasteiger partial charge in [-0.3, -0.25) is 4.68 Å². The predicted molar refractivity (Wildman–Crippen MR) is 64.5 cm³/mol. The van der Waals surface area contributed by atoms with Crippen LogP contribution in [-0.4, -0.2) is 44.1 Å². The third-order valence-corrected chi connectivity index (χ3v) is 3.21. The van der Waals surface area contributed by atoms with Gasteiger partial charge in [-0.25, -0.2) is 4.79 Å². The SMILES string of the molecule is O=C(O)N1CC(Cn2cc3cc(O)ccc3n2)C1. The summed E-state index contributed by atoms with van der Waals surface area (Å²) in [5, 5.41) is 23.4. The molecule has 18 heavy (non-hydrogen) atoms. The Hall–Kier alpha value is -2.24. The van der Waals surface area contributed by atoms with Crippen molar-refractivity contribution >= 4 is 17.0 Å². The summed E-state index contributed by atoms with van der Waals surface area (Å²) < 4.78 is 1.81. The highest BCUT2D eigenvalue weighted by Crippen LogP contribution is 2.21. The summed E-state index contributed by atoms with van der Waals surface area (Å²) in [7, 11) is 0. The Morgan fingerprint density at radius 3 is 2.94 bits per heavy atom. The molecule has 1 fully saturated rings. The summed E-state index contributed by atoms with van der Waals surface area (Å²) in [4.78, 5) is 12.0. The molecule has 1 aliphatic rings. The third kappa shape index (κ3) is 1.85. The highest BCUT2D eigenvalue weighted by molar-refractivity contribution is 5.79. The number of amides is 1. The smallest absolute Gasteiger partial charge is 0.407 e. The summed E-state index contributed by atoms with van der Waals surface area (Å²) in [5.41, 5.74) is 0.835. The Kier molecular flexibility index (Phi) is 2.36. The molecule has 3 rings (SSSR count). The summed E-state index contributed by atoms with van der Waals surface area (Å²) in [5.74, 6) is 0.548. The van der Waals surface area contributed by atoms with E-state index in [1.54, 1.807) is 18.2 Å². The average Bonchev–Trinajstić information content (AvgIpc) is 2.63. The molecule has 94 valence electrons. The molecule has 1 aliphatic heterocycles. The van der Waals surface area contributed by atoms with E-state index in [2.05, 4.69) is 5.10 Å². The molecule has 0 atom stereocenters. The Bertz CT molecular complexity index is 602. The van der Waals surface area contributed by atoms with Crippen LogP contribution in [0.2, 0.25) is 0 Å². The first kappa shape index (κ1) is 10.9. The lowest BCUT2D eigenvalue weighted by molar-refractivity contribution is 0.0732. The highest BCUT2D eigenvalue weighted by atomic mass is 16.4. The third-order valence-electron chi connectivity index (χ3n) is 3.21. The van der Waals surface area contributed by atoms with Crippen molar-refractivity contribution in [3.8, 4) is 5.75 Å². The predicted octanol–water partition coefficient (Wildman–Crippen LogP) is 1.35. The standard InChI is InChI=1S/C12H13N3O3/c16-10-1-2-11-9(3-10)7-15(13-11)6-8-4-14(5-8)12(17)18/h1-3,7-8,16H,4-6H2,(H,17,18). The fourth-order valence-corrected chi connectivity index (χ4v) is 2.26. The molecule has 6 heteroatoms. The number of carbonyl (C=O) groups is 1. The van der Waals surface area contributed by atoms with Gasteiger partial charge in [0, 0.05) is 37.1 Å². The van der Waals surface area contributed by atoms with Crippen molar-refractivity contribution in [1.29, 1.82) is 0 Å². The van der Waals surface area contributed by atoms with Crippen LogP contribution in [0.1, 0.15) is 0 Å². The van der Waals surface area contributed by atoms with Crippen molar-refractivity contribution < 1.29 is 15.0 Å². The van der Waals surface area contributed by atoms with Crippen LogP contribution in [0, 0.1) is 5.92 Å². The molecule has 0 spiro atoms. The maximum Gasteiger partial charge on any atom is 0.407 e. The molecule has 0 saturated carbocycles. The molecular weight excluding hydrogens is 234 g/mol. The summed E-state index contributed by atoms with van der Waals surface area (Å²) in [6.07, 6.45) is 1.01. The van der Waals surface area contributed by atoms with Gasteiger partial charge in [-0.1, -0.05) is 0 Å². The van der Waals surface area contributed by atoms with Gasteiger partial charge in [0.2, 0.25) is 0 Å². The van der Waals surface area contributed by atoms with Gasteiger partial charge in [-0.2, -0.15) is 5.10 Å². The Labute approximate surface area is 103 Å². The van der Waals surface area contributed by atoms with Gasteiger partial charge >= 0.3 is 6.09 Å². The number of benzene rings is 1. The second-order valence-corrected chi connectivity index (χ2v) is 4.65. The Morgan fingerprint density at radius 2 is 2.22 bits per heavy atom. The first-order chi connectivity index (χ1) is 8.61. The highest BCUT2D eigenvalue weighted by Gasteiger charge is 2.30. The summed E-state index contributed by atoms with van der Waals surface area (Å²) in [6, 6.07) is 5.05. The lowest BCUT2D eigenvalue weighted by Crippen LogP contribution is -2.50. The van der Waals surface area contributed by atoms with Crippen molar-refractivity contribution in [2.24, 2.45) is 5.92 Å². The van der Waals surface area contributed by atoms with Crippen molar-refractivity contribution in [2.45, 2.75) is 6.54 Å². The molecule has 2 N–H and O–H groups in total. The number of nitrogens with zero attached hydrogens (tertiary/aromatic N) is 3. The molecule has 1 amide bonds. The van der Waals surface area contributed by atoms with Crippen LogP contribution in [0.15, 0.2) is 24.4 Å². The lowest BCUT2D eigenvalue weighted by Gasteiger charge is -2.36. The molecule has 6 nitrogen and oxygen atoms in total. The zero-order chi connectivity index (χ0) is 12.7. The van der Waals surface area contributed by atoms with Gasteiger partial charge in [0.25, 0.3) is 0 Å². The van der Waals surface area contributed by atoms with E-state index in [-0.39, 0.29) is 5.75 Å². The minimum Gasteiger partial charge on any atom is -0.508 e. The van der Waals surface area contributed by atoms with E-state index in [4.69, 9.17) is 5.11 Å². The monoisotopic (exact) mass is 247 g/mol. The molecule has 1 aromatic heterocycles. The Balaban J connectivity index is 1.71. The van der Waals surface area contributed by atoms with Crippen LogP contribution < -0.4 is 0 Å². The van der Waals surface area contributed by atoms with Gasteiger partial charge in [0.15, 0.2) is 0 Å². The quantitative estimate of drug-likeness (QED) is 0.839. The van der Waals surface area contributed by atoms with Gasteiger partial charge in [0.1, 0.15) is 5.75 Å². The molecule has 0 aliphatic carbocycles. The minimum absolute atomic E-state index is 0.225. The van der Waals surface area contributed by atoms with Gasteiger partial charge < -0.3 is 15.1 Å². The molecular formula is C12H13N3O3. The maximum atomic E-state index is 10.6. The van der Waals surface area contributed by atoms with E-state index in [1.807, 2.05) is 10.9 Å². The van der Waals surface area contributed by atoms with Gasteiger partial charge in [-0.05, 0) is 18.2 Å². The van der Waals surface area contributed by atoms with Crippen molar-refractivity contribution in [3.05, 3.63) is 24.4 Å². The first-order valence-electron chi connectivity index (χ1n) is 5.76. The average molecular weight is 247 g/mol. The second kappa shape index (κ2) is 3.90. The fraction of sp³-hybridized carbons (Fsp3) is 0.333. The fourth-order valence-electron chi connectivity index (χ4n) is 2.26. The number of phenolic OH excluding ortho intramolecular Hbond substituents is 1. The minimum atomic E-state index is -0.859. The molecule has 1 saturated heterocycles. The van der Waals surface area contributed by atoms with Crippen molar-refractivity contribution in [1.82, 2.24) is 14.7 Å². The number of aromatic hydroxyl groups is 1. The van der Waals surface area contributed by atoms with Crippen LogP contribution in [0.25, 0.3) is 10.9 Å². The number of likely N-dealkylation sites (tertiary alicyclic amines) is 1. The molecule has 0 radical (unpaired) electrons. The first-order valence-corrected chi connectivity index (χ1v) is 5.76. The summed E-state index contributed by atoms with van der Waals surface area (Å²) in [6.45, 7) is 1.84. The number of hydrogen-bond acceptors (Lipinski definition) is 3. The molecule has 1 aromatic carbocycles. The Morgan fingerprint density at radius 1 is 1.44 bits per heavy atom. The maximum absolute atomic E-state index is 10.6. The number of aromatic nitrogens is 2. The van der Waals surface area contributed by atoms with E-state index in [9.17, 15) is 9.90 Å². The van der Waals surface area contributed by atoms with Gasteiger partial charge in [-0.15, -0.1) is 0 Å². The van der Waals surface area contributed by atoms with Crippen LogP contribution in [-0.2, 0) is 6.54 Å². The summed E-state index contributed by atoms with van der Waals surface area (Å²) >= 11 is 0. The van der Waals surface area contributed by atoms with Crippen molar-refractivity contribution in [3.63, 3.8) is 0 Å². The number of hydrogen-bond donors (Lipinski definition) is 2. The molecule has 0 unspecified atom stereocenters. The molecule has 0 bridgehead atoms.